The molecule has 2 heterocycles. The molecule has 1 N–H and O–H groups in total. The third-order valence-electron chi connectivity index (χ3n) is 3.82. The molecule has 100 valence electrons. The molecule has 0 radical (unpaired) electrons. The molecule has 0 atom stereocenters. The lowest BCUT2D eigenvalue weighted by atomic mass is 9.96. The van der Waals surface area contributed by atoms with Gasteiger partial charge in [0.05, 0.1) is 23.8 Å². The highest BCUT2D eigenvalue weighted by atomic mass is 15.1. The smallest absolute Gasteiger partial charge is 0.0570 e. The lowest BCUT2D eigenvalue weighted by Gasteiger charge is -2.32. The minimum Gasteiger partial charge on any atom is -0.387 e. The summed E-state index contributed by atoms with van der Waals surface area (Å²) < 4.78 is 0. The Bertz CT molecular complexity index is 372. The van der Waals surface area contributed by atoms with Crippen LogP contribution in [0.25, 0.3) is 0 Å². The van der Waals surface area contributed by atoms with Crippen molar-refractivity contribution in [2.24, 2.45) is 5.92 Å². The molecule has 1 aliphatic heterocycles. The van der Waals surface area contributed by atoms with Crippen LogP contribution in [0.5, 0.6) is 0 Å². The largest absolute Gasteiger partial charge is 0.387 e. The van der Waals surface area contributed by atoms with E-state index in [0.29, 0.717) is 0 Å². The van der Waals surface area contributed by atoms with Crippen LogP contribution in [0.2, 0.25) is 0 Å². The van der Waals surface area contributed by atoms with E-state index in [-0.39, 0.29) is 0 Å². The summed E-state index contributed by atoms with van der Waals surface area (Å²) in [7, 11) is 6.30. The van der Waals surface area contributed by atoms with Crippen LogP contribution >= 0.6 is 0 Å². The van der Waals surface area contributed by atoms with Crippen molar-refractivity contribution >= 4 is 11.4 Å². The Morgan fingerprint density at radius 1 is 1.39 bits per heavy atom. The van der Waals surface area contributed by atoms with E-state index in [2.05, 4.69) is 40.3 Å². The third-order valence-corrected chi connectivity index (χ3v) is 3.82. The van der Waals surface area contributed by atoms with Crippen molar-refractivity contribution in [3.8, 4) is 0 Å². The maximum absolute atomic E-state index is 4.27. The van der Waals surface area contributed by atoms with E-state index in [4.69, 9.17) is 0 Å². The van der Waals surface area contributed by atoms with Crippen molar-refractivity contribution < 1.29 is 0 Å². The Kier molecular flexibility index (Phi) is 4.42. The van der Waals surface area contributed by atoms with Gasteiger partial charge in [-0.3, -0.25) is 4.98 Å². The van der Waals surface area contributed by atoms with Crippen molar-refractivity contribution in [3.63, 3.8) is 0 Å². The van der Waals surface area contributed by atoms with Gasteiger partial charge >= 0.3 is 0 Å². The van der Waals surface area contributed by atoms with Crippen molar-refractivity contribution in [3.05, 3.63) is 18.5 Å². The Hall–Kier alpha value is -1.29. The molecule has 4 nitrogen and oxygen atoms in total. The first-order valence-corrected chi connectivity index (χ1v) is 6.71. The average molecular weight is 248 g/mol. The molecule has 4 heteroatoms. The summed E-state index contributed by atoms with van der Waals surface area (Å²) in [6, 6.07) is 2.15. The van der Waals surface area contributed by atoms with Crippen molar-refractivity contribution in [2.45, 2.75) is 12.8 Å². The van der Waals surface area contributed by atoms with Crippen molar-refractivity contribution in [2.75, 3.05) is 51.0 Å². The molecule has 2 rings (SSSR count). The molecule has 0 spiro atoms. The number of pyridine rings is 1. The molecule has 18 heavy (non-hydrogen) atoms. The number of likely N-dealkylation sites (tertiary alicyclic amines) is 1. The molecule has 1 aromatic rings. The predicted octanol–water partition coefficient (Wildman–Crippen LogP) is 1.90. The van der Waals surface area contributed by atoms with Gasteiger partial charge in [0.2, 0.25) is 0 Å². The summed E-state index contributed by atoms with van der Waals surface area (Å²) in [5, 5.41) is 3.14. The standard InChI is InChI=1S/C14H24N4/c1-15-13-8-14(10-16-9-13)18(3)11-12-4-6-17(2)7-5-12/h8-10,12,15H,4-7,11H2,1-3H3. The maximum atomic E-state index is 4.27. The van der Waals surface area contributed by atoms with Gasteiger partial charge in [0, 0.05) is 20.6 Å². The molecule has 0 bridgehead atoms. The Morgan fingerprint density at radius 2 is 2.11 bits per heavy atom. The molecule has 0 aliphatic carbocycles. The zero-order valence-electron chi connectivity index (χ0n) is 11.7. The number of anilines is 2. The van der Waals surface area contributed by atoms with Gasteiger partial charge in [0.25, 0.3) is 0 Å². The average Bonchev–Trinajstić information content (AvgIpc) is 2.41. The van der Waals surface area contributed by atoms with Crippen molar-refractivity contribution in [1.29, 1.82) is 0 Å². The molecule has 0 amide bonds. The SMILES string of the molecule is CNc1cncc(N(C)CC2CCN(C)CC2)c1. The number of hydrogen-bond acceptors (Lipinski definition) is 4. The summed E-state index contributed by atoms with van der Waals surface area (Å²) in [6.07, 6.45) is 6.41. The lowest BCUT2D eigenvalue weighted by Crippen LogP contribution is -2.35. The Morgan fingerprint density at radius 3 is 2.78 bits per heavy atom. The van der Waals surface area contributed by atoms with Gasteiger partial charge in [-0.1, -0.05) is 0 Å². The van der Waals surface area contributed by atoms with Crippen molar-refractivity contribution in [1.82, 2.24) is 9.88 Å². The molecule has 1 aromatic heterocycles. The van der Waals surface area contributed by atoms with E-state index in [1.807, 2.05) is 19.4 Å². The molecule has 1 aliphatic rings. The van der Waals surface area contributed by atoms with E-state index < -0.39 is 0 Å². The Labute approximate surface area is 110 Å². The first-order chi connectivity index (χ1) is 8.69. The van der Waals surface area contributed by atoms with E-state index in [9.17, 15) is 0 Å². The predicted molar refractivity (Wildman–Crippen MR) is 77.3 cm³/mol. The second-order valence-corrected chi connectivity index (χ2v) is 5.31. The summed E-state index contributed by atoms with van der Waals surface area (Å²) in [5.41, 5.74) is 2.27. The normalized spacial score (nSPS) is 17.7. The van der Waals surface area contributed by atoms with Gasteiger partial charge in [0.15, 0.2) is 0 Å². The summed E-state index contributed by atoms with van der Waals surface area (Å²) >= 11 is 0. The molecule has 1 saturated heterocycles. The van der Waals surface area contributed by atoms with E-state index in [0.717, 1.165) is 18.2 Å². The van der Waals surface area contributed by atoms with Gasteiger partial charge in [0.1, 0.15) is 0 Å². The van der Waals surface area contributed by atoms with Crippen LogP contribution < -0.4 is 10.2 Å². The number of hydrogen-bond donors (Lipinski definition) is 1. The molecular weight excluding hydrogens is 224 g/mol. The van der Waals surface area contributed by atoms with Gasteiger partial charge in [-0.25, -0.2) is 0 Å². The fourth-order valence-electron chi connectivity index (χ4n) is 2.51. The highest BCUT2D eigenvalue weighted by Crippen LogP contribution is 2.21. The zero-order valence-corrected chi connectivity index (χ0v) is 11.7. The topological polar surface area (TPSA) is 31.4 Å². The molecule has 0 saturated carbocycles. The minimum absolute atomic E-state index is 0.810. The van der Waals surface area contributed by atoms with Gasteiger partial charge in [-0.05, 0) is 45.0 Å². The number of aromatic nitrogens is 1. The maximum Gasteiger partial charge on any atom is 0.0570 e. The number of piperidine rings is 1. The number of nitrogens with zero attached hydrogens (tertiary/aromatic N) is 3. The van der Waals surface area contributed by atoms with Crippen LogP contribution in [0.3, 0.4) is 0 Å². The second-order valence-electron chi connectivity index (χ2n) is 5.31. The van der Waals surface area contributed by atoms with E-state index in [1.165, 1.54) is 31.6 Å². The van der Waals surface area contributed by atoms with Crippen LogP contribution in [0.4, 0.5) is 11.4 Å². The van der Waals surface area contributed by atoms with E-state index >= 15 is 0 Å². The molecule has 0 unspecified atom stereocenters. The summed E-state index contributed by atoms with van der Waals surface area (Å²) in [5.74, 6) is 0.810. The second kappa shape index (κ2) is 6.05. The fourth-order valence-corrected chi connectivity index (χ4v) is 2.51. The first-order valence-electron chi connectivity index (χ1n) is 6.71. The van der Waals surface area contributed by atoms with Crippen LogP contribution in [-0.4, -0.2) is 50.7 Å². The fraction of sp³-hybridized carbons (Fsp3) is 0.643. The number of nitrogens with one attached hydrogen (secondary N) is 1. The van der Waals surface area contributed by atoms with Gasteiger partial charge in [-0.2, -0.15) is 0 Å². The highest BCUT2D eigenvalue weighted by molar-refractivity contribution is 5.54. The lowest BCUT2D eigenvalue weighted by molar-refractivity contribution is 0.222. The van der Waals surface area contributed by atoms with Crippen LogP contribution in [0.15, 0.2) is 18.5 Å². The van der Waals surface area contributed by atoms with E-state index in [1.54, 1.807) is 0 Å². The molecular formula is C14H24N4. The third kappa shape index (κ3) is 3.35. The van der Waals surface area contributed by atoms with Crippen LogP contribution in [-0.2, 0) is 0 Å². The quantitative estimate of drug-likeness (QED) is 0.882. The first kappa shape index (κ1) is 13.1. The van der Waals surface area contributed by atoms with Crippen LogP contribution in [0.1, 0.15) is 12.8 Å². The summed E-state index contributed by atoms with van der Waals surface area (Å²) in [4.78, 5) is 9.01. The zero-order chi connectivity index (χ0) is 13.0. The molecule has 1 fully saturated rings. The minimum atomic E-state index is 0.810. The van der Waals surface area contributed by atoms with Gasteiger partial charge < -0.3 is 15.1 Å². The Balaban J connectivity index is 1.92. The van der Waals surface area contributed by atoms with Crippen LogP contribution in [0, 0.1) is 5.92 Å². The molecule has 0 aromatic carbocycles. The summed E-state index contributed by atoms with van der Waals surface area (Å²) in [6.45, 7) is 3.59. The van der Waals surface area contributed by atoms with Gasteiger partial charge in [-0.15, -0.1) is 0 Å². The number of rotatable bonds is 4. The highest BCUT2D eigenvalue weighted by Gasteiger charge is 2.18. The monoisotopic (exact) mass is 248 g/mol.